The molecule has 2 N–H and O–H groups in total. The standard InChI is InChI=1S/C6H12F3NO3S2/c1-5(4-11)15(12,13)10-2-3-14-6(7,8)9/h5,10-11H,2-4H2,1H3. The van der Waals surface area contributed by atoms with Crippen LogP contribution in [0.2, 0.25) is 0 Å². The fourth-order valence-electron chi connectivity index (χ4n) is 0.591. The first kappa shape index (κ1) is 15.0. The first-order chi connectivity index (χ1) is 6.69. The molecule has 92 valence electrons. The lowest BCUT2D eigenvalue weighted by atomic mass is 10.5. The van der Waals surface area contributed by atoms with Crippen LogP contribution in [0.5, 0.6) is 0 Å². The fraction of sp³-hybridized carbons (Fsp3) is 1.00. The van der Waals surface area contributed by atoms with E-state index in [4.69, 9.17) is 5.11 Å². The van der Waals surface area contributed by atoms with Crippen LogP contribution in [-0.4, -0.2) is 43.2 Å². The number of rotatable bonds is 6. The SMILES string of the molecule is CC(CO)S(=O)(=O)NCCSC(F)(F)F. The Labute approximate surface area is 90.3 Å². The predicted octanol–water partition coefficient (Wildman–Crippen LogP) is 0.540. The van der Waals surface area contributed by atoms with Crippen molar-refractivity contribution in [2.24, 2.45) is 0 Å². The molecule has 15 heavy (non-hydrogen) atoms. The summed E-state index contributed by atoms with van der Waals surface area (Å²) in [6.45, 7) is 0.387. The van der Waals surface area contributed by atoms with Crippen molar-refractivity contribution >= 4 is 21.8 Å². The Morgan fingerprint density at radius 1 is 1.47 bits per heavy atom. The van der Waals surface area contributed by atoms with E-state index < -0.39 is 27.4 Å². The van der Waals surface area contributed by atoms with Gasteiger partial charge in [0.1, 0.15) is 0 Å². The predicted molar refractivity (Wildman–Crippen MR) is 52.0 cm³/mol. The van der Waals surface area contributed by atoms with Gasteiger partial charge in [0.15, 0.2) is 0 Å². The van der Waals surface area contributed by atoms with E-state index in [9.17, 15) is 21.6 Å². The van der Waals surface area contributed by atoms with Gasteiger partial charge in [0.25, 0.3) is 0 Å². The van der Waals surface area contributed by atoms with Gasteiger partial charge in [0.2, 0.25) is 10.0 Å². The van der Waals surface area contributed by atoms with Crippen molar-refractivity contribution in [3.63, 3.8) is 0 Å². The van der Waals surface area contributed by atoms with Gasteiger partial charge in [-0.3, -0.25) is 0 Å². The topological polar surface area (TPSA) is 66.4 Å². The van der Waals surface area contributed by atoms with Gasteiger partial charge in [-0.2, -0.15) is 13.2 Å². The molecule has 0 spiro atoms. The van der Waals surface area contributed by atoms with Crippen LogP contribution in [-0.2, 0) is 10.0 Å². The zero-order chi connectivity index (χ0) is 12.1. The largest absolute Gasteiger partial charge is 0.441 e. The van der Waals surface area contributed by atoms with Crippen LogP contribution in [0.3, 0.4) is 0 Å². The maximum absolute atomic E-state index is 11.6. The van der Waals surface area contributed by atoms with Gasteiger partial charge in [-0.25, -0.2) is 13.1 Å². The molecule has 0 aromatic carbocycles. The van der Waals surface area contributed by atoms with Crippen molar-refractivity contribution in [1.82, 2.24) is 4.72 Å². The molecular weight excluding hydrogens is 255 g/mol. The minimum absolute atomic E-state index is 0.296. The molecule has 0 aliphatic rings. The highest BCUT2D eigenvalue weighted by Crippen LogP contribution is 2.29. The van der Waals surface area contributed by atoms with Crippen molar-refractivity contribution in [3.8, 4) is 0 Å². The molecular formula is C6H12F3NO3S2. The van der Waals surface area contributed by atoms with Crippen LogP contribution < -0.4 is 4.72 Å². The van der Waals surface area contributed by atoms with E-state index in [1.165, 1.54) is 6.92 Å². The molecule has 9 heteroatoms. The molecule has 0 heterocycles. The number of alkyl halides is 3. The minimum Gasteiger partial charge on any atom is -0.395 e. The summed E-state index contributed by atoms with van der Waals surface area (Å²) in [7, 11) is -3.71. The number of hydrogen-bond acceptors (Lipinski definition) is 4. The first-order valence-corrected chi connectivity index (χ1v) is 6.52. The summed E-state index contributed by atoms with van der Waals surface area (Å²) >= 11 is -0.296. The van der Waals surface area contributed by atoms with E-state index in [1.54, 1.807) is 0 Å². The summed E-state index contributed by atoms with van der Waals surface area (Å²) in [4.78, 5) is 0. The Bertz CT molecular complexity index is 278. The molecule has 0 rings (SSSR count). The van der Waals surface area contributed by atoms with Gasteiger partial charge in [-0.05, 0) is 18.7 Å². The summed E-state index contributed by atoms with van der Waals surface area (Å²) in [5.74, 6) is -0.388. The molecule has 1 unspecified atom stereocenters. The molecule has 0 aliphatic carbocycles. The van der Waals surface area contributed by atoms with Crippen LogP contribution in [0, 0.1) is 0 Å². The molecule has 1 atom stereocenters. The Morgan fingerprint density at radius 2 is 2.00 bits per heavy atom. The second-order valence-electron chi connectivity index (χ2n) is 2.73. The monoisotopic (exact) mass is 267 g/mol. The van der Waals surface area contributed by atoms with E-state index >= 15 is 0 Å². The Balaban J connectivity index is 3.87. The highest BCUT2D eigenvalue weighted by atomic mass is 32.2. The first-order valence-electron chi connectivity index (χ1n) is 3.99. The third-order valence-electron chi connectivity index (χ3n) is 1.46. The number of aliphatic hydroxyl groups is 1. The molecule has 0 fully saturated rings. The molecule has 4 nitrogen and oxygen atoms in total. The second-order valence-corrected chi connectivity index (χ2v) is 6.07. The maximum Gasteiger partial charge on any atom is 0.441 e. The highest BCUT2D eigenvalue weighted by Gasteiger charge is 2.28. The van der Waals surface area contributed by atoms with Gasteiger partial charge >= 0.3 is 5.51 Å². The Hall–Kier alpha value is 0.01000. The average Bonchev–Trinajstić information content (AvgIpc) is 2.09. The third kappa shape index (κ3) is 6.98. The lowest BCUT2D eigenvalue weighted by Gasteiger charge is -2.11. The molecule has 0 saturated heterocycles. The van der Waals surface area contributed by atoms with E-state index in [0.717, 1.165) is 0 Å². The number of sulfonamides is 1. The summed E-state index contributed by atoms with van der Waals surface area (Å²) < 4.78 is 59.2. The molecule has 0 aliphatic heterocycles. The molecule has 0 bridgehead atoms. The Kier molecular flexibility index (Phi) is 5.93. The Morgan fingerprint density at radius 3 is 2.40 bits per heavy atom. The van der Waals surface area contributed by atoms with E-state index in [-0.39, 0.29) is 24.1 Å². The van der Waals surface area contributed by atoms with Crippen LogP contribution in [0.15, 0.2) is 0 Å². The van der Waals surface area contributed by atoms with Gasteiger partial charge in [0, 0.05) is 12.3 Å². The number of halogens is 3. The molecule has 0 aromatic rings. The fourth-order valence-corrected chi connectivity index (χ4v) is 2.02. The molecule has 0 aromatic heterocycles. The zero-order valence-corrected chi connectivity index (χ0v) is 9.55. The van der Waals surface area contributed by atoms with Gasteiger partial charge in [0.05, 0.1) is 11.9 Å². The van der Waals surface area contributed by atoms with Crippen LogP contribution in [0.4, 0.5) is 13.2 Å². The number of hydrogen-bond donors (Lipinski definition) is 2. The van der Waals surface area contributed by atoms with E-state index in [1.807, 2.05) is 4.72 Å². The molecule has 0 amide bonds. The summed E-state index contributed by atoms with van der Waals surface area (Å²) in [5.41, 5.74) is -4.35. The van der Waals surface area contributed by atoms with Crippen LogP contribution >= 0.6 is 11.8 Å². The van der Waals surface area contributed by atoms with Gasteiger partial charge in [-0.15, -0.1) is 0 Å². The van der Waals surface area contributed by atoms with Crippen molar-refractivity contribution in [2.75, 3.05) is 18.9 Å². The lowest BCUT2D eigenvalue weighted by Crippen LogP contribution is -2.36. The number of aliphatic hydroxyl groups excluding tert-OH is 1. The van der Waals surface area contributed by atoms with Crippen LogP contribution in [0.25, 0.3) is 0 Å². The average molecular weight is 267 g/mol. The minimum atomic E-state index is -4.35. The van der Waals surface area contributed by atoms with Crippen LogP contribution in [0.1, 0.15) is 6.92 Å². The van der Waals surface area contributed by atoms with Crippen molar-refractivity contribution in [3.05, 3.63) is 0 Å². The molecule has 0 radical (unpaired) electrons. The number of nitrogens with one attached hydrogen (secondary N) is 1. The van der Waals surface area contributed by atoms with E-state index in [0.29, 0.717) is 0 Å². The summed E-state index contributed by atoms with van der Waals surface area (Å²) in [6.07, 6.45) is 0. The maximum atomic E-state index is 11.6. The quantitative estimate of drug-likeness (QED) is 0.689. The third-order valence-corrected chi connectivity index (χ3v) is 4.01. The zero-order valence-electron chi connectivity index (χ0n) is 7.91. The van der Waals surface area contributed by atoms with Gasteiger partial charge in [-0.1, -0.05) is 0 Å². The van der Waals surface area contributed by atoms with Crippen molar-refractivity contribution in [2.45, 2.75) is 17.7 Å². The number of thioether (sulfide) groups is 1. The van der Waals surface area contributed by atoms with Gasteiger partial charge < -0.3 is 5.11 Å². The second kappa shape index (κ2) is 5.92. The van der Waals surface area contributed by atoms with Crippen molar-refractivity contribution < 1.29 is 26.7 Å². The highest BCUT2D eigenvalue weighted by molar-refractivity contribution is 8.00. The normalized spacial score (nSPS) is 15.3. The lowest BCUT2D eigenvalue weighted by molar-refractivity contribution is -0.0327. The summed E-state index contributed by atoms with van der Waals surface area (Å²) in [6, 6.07) is 0. The van der Waals surface area contributed by atoms with E-state index in [2.05, 4.69) is 0 Å². The summed E-state index contributed by atoms with van der Waals surface area (Å²) in [5, 5.41) is 7.53. The molecule has 0 saturated carbocycles. The van der Waals surface area contributed by atoms with Crippen molar-refractivity contribution in [1.29, 1.82) is 0 Å². The smallest absolute Gasteiger partial charge is 0.395 e.